The number of hydrogen-bond donors (Lipinski definition) is 0. The van der Waals surface area contributed by atoms with E-state index in [1.165, 1.54) is 25.8 Å². The molecule has 3 atom stereocenters. The minimum atomic E-state index is 0.127. The molecule has 3 rings (SSSR count). The van der Waals surface area contributed by atoms with Crippen molar-refractivity contribution in [3.05, 3.63) is 12.7 Å². The van der Waals surface area contributed by atoms with Crippen molar-refractivity contribution in [2.24, 2.45) is 5.92 Å². The van der Waals surface area contributed by atoms with Crippen molar-refractivity contribution in [2.45, 2.75) is 57.8 Å². The second-order valence-corrected chi connectivity index (χ2v) is 8.16. The van der Waals surface area contributed by atoms with Crippen LogP contribution >= 0.6 is 0 Å². The molecule has 0 N–H and O–H groups in total. The molecule has 3 fully saturated rings. The van der Waals surface area contributed by atoms with Crippen molar-refractivity contribution >= 4 is 5.91 Å². The van der Waals surface area contributed by atoms with Gasteiger partial charge in [0.2, 0.25) is 5.91 Å². The maximum Gasteiger partial charge on any atom is 0.240 e. The van der Waals surface area contributed by atoms with Gasteiger partial charge in [0.15, 0.2) is 0 Å². The van der Waals surface area contributed by atoms with Crippen LogP contribution in [0.3, 0.4) is 0 Å². The monoisotopic (exact) mass is 349 g/mol. The summed E-state index contributed by atoms with van der Waals surface area (Å²) in [6, 6.07) is 0.127. The topological polar surface area (TPSA) is 36.0 Å². The van der Waals surface area contributed by atoms with Gasteiger partial charge >= 0.3 is 0 Å². The first kappa shape index (κ1) is 18.9. The third kappa shape index (κ3) is 4.83. The highest BCUT2D eigenvalue weighted by Crippen LogP contribution is 2.26. The smallest absolute Gasteiger partial charge is 0.240 e. The number of amides is 1. The quantitative estimate of drug-likeness (QED) is 0.687. The number of ether oxygens (including phenoxy) is 1. The Morgan fingerprint density at radius 2 is 1.80 bits per heavy atom. The van der Waals surface area contributed by atoms with Gasteiger partial charge < -0.3 is 9.64 Å². The van der Waals surface area contributed by atoms with Crippen LogP contribution in [0.4, 0.5) is 0 Å². The van der Waals surface area contributed by atoms with Gasteiger partial charge in [-0.2, -0.15) is 0 Å². The summed E-state index contributed by atoms with van der Waals surface area (Å²) >= 11 is 0. The van der Waals surface area contributed by atoms with E-state index in [0.29, 0.717) is 24.7 Å². The maximum absolute atomic E-state index is 12.5. The van der Waals surface area contributed by atoms with Gasteiger partial charge in [0.1, 0.15) is 0 Å². The van der Waals surface area contributed by atoms with Crippen LogP contribution in [0.5, 0.6) is 0 Å². The lowest BCUT2D eigenvalue weighted by Crippen LogP contribution is -2.47. The van der Waals surface area contributed by atoms with Crippen LogP contribution in [0, 0.1) is 5.92 Å². The normalized spacial score (nSPS) is 33.1. The first-order valence-corrected chi connectivity index (χ1v) is 10.1. The fourth-order valence-electron chi connectivity index (χ4n) is 4.78. The standard InChI is InChI=1S/C20H35N3O2/c1-4-9-23-13-8-19(20(23)24)22-11-6-18(7-12-22)5-10-21-14-16(2)25-17(3)15-21/h4,16-19H,1,5-15H2,2-3H3/t16-,17-,19-/m0/s1. The fourth-order valence-corrected chi connectivity index (χ4v) is 4.78. The molecule has 0 aromatic heterocycles. The molecular formula is C20H35N3O2. The minimum Gasteiger partial charge on any atom is -0.373 e. The number of morpholine rings is 1. The number of likely N-dealkylation sites (tertiary alicyclic amines) is 2. The van der Waals surface area contributed by atoms with Gasteiger partial charge in [-0.3, -0.25) is 14.6 Å². The lowest BCUT2D eigenvalue weighted by atomic mass is 9.92. The fraction of sp³-hybridized carbons (Fsp3) is 0.850. The molecule has 0 unspecified atom stereocenters. The molecule has 3 saturated heterocycles. The van der Waals surface area contributed by atoms with Gasteiger partial charge in [-0.1, -0.05) is 6.08 Å². The SMILES string of the molecule is C=CCN1CC[C@H](N2CCC(CCN3C[C@H](C)O[C@@H](C)C3)CC2)C1=O. The second kappa shape index (κ2) is 8.65. The molecule has 0 saturated carbocycles. The van der Waals surface area contributed by atoms with Crippen LogP contribution in [0.15, 0.2) is 12.7 Å². The summed E-state index contributed by atoms with van der Waals surface area (Å²) < 4.78 is 5.82. The Morgan fingerprint density at radius 3 is 2.44 bits per heavy atom. The lowest BCUT2D eigenvalue weighted by Gasteiger charge is -2.38. The van der Waals surface area contributed by atoms with Gasteiger partial charge in [-0.15, -0.1) is 6.58 Å². The van der Waals surface area contributed by atoms with E-state index in [2.05, 4.69) is 30.2 Å². The molecule has 142 valence electrons. The molecular weight excluding hydrogens is 314 g/mol. The zero-order valence-corrected chi connectivity index (χ0v) is 16.0. The third-order valence-electron chi connectivity index (χ3n) is 6.06. The molecule has 5 nitrogen and oxygen atoms in total. The Balaban J connectivity index is 1.39. The van der Waals surface area contributed by atoms with E-state index in [1.807, 2.05) is 11.0 Å². The van der Waals surface area contributed by atoms with Crippen LogP contribution in [0.25, 0.3) is 0 Å². The van der Waals surface area contributed by atoms with E-state index in [1.54, 1.807) is 0 Å². The number of nitrogens with zero attached hydrogens (tertiary/aromatic N) is 3. The zero-order chi connectivity index (χ0) is 17.8. The van der Waals surface area contributed by atoms with E-state index >= 15 is 0 Å². The number of rotatable bonds is 6. The number of carbonyl (C=O) groups is 1. The number of piperidine rings is 1. The summed E-state index contributed by atoms with van der Waals surface area (Å²) in [7, 11) is 0. The van der Waals surface area contributed by atoms with Crippen molar-refractivity contribution in [3.63, 3.8) is 0 Å². The van der Waals surface area contributed by atoms with Crippen LogP contribution in [0.1, 0.15) is 39.5 Å². The van der Waals surface area contributed by atoms with Crippen molar-refractivity contribution in [1.82, 2.24) is 14.7 Å². The lowest BCUT2D eigenvalue weighted by molar-refractivity contribution is -0.132. The first-order chi connectivity index (χ1) is 12.1. The van der Waals surface area contributed by atoms with Crippen LogP contribution in [0.2, 0.25) is 0 Å². The Kier molecular flexibility index (Phi) is 6.53. The molecule has 3 aliphatic rings. The molecule has 0 aliphatic carbocycles. The van der Waals surface area contributed by atoms with Crippen molar-refractivity contribution in [1.29, 1.82) is 0 Å². The average Bonchev–Trinajstić information content (AvgIpc) is 2.94. The predicted molar refractivity (Wildman–Crippen MR) is 101 cm³/mol. The van der Waals surface area contributed by atoms with Gasteiger partial charge in [-0.05, 0) is 65.1 Å². The van der Waals surface area contributed by atoms with Gasteiger partial charge in [0, 0.05) is 26.2 Å². The zero-order valence-electron chi connectivity index (χ0n) is 16.0. The van der Waals surface area contributed by atoms with Gasteiger partial charge in [0.25, 0.3) is 0 Å². The Labute approximate surface area is 153 Å². The Hall–Kier alpha value is -0.910. The molecule has 3 heterocycles. The summed E-state index contributed by atoms with van der Waals surface area (Å²) in [4.78, 5) is 19.4. The summed E-state index contributed by atoms with van der Waals surface area (Å²) in [6.45, 7) is 15.2. The maximum atomic E-state index is 12.5. The molecule has 0 spiro atoms. The van der Waals surface area contributed by atoms with Gasteiger partial charge in [0.05, 0.1) is 18.2 Å². The van der Waals surface area contributed by atoms with Crippen molar-refractivity contribution in [2.75, 3.05) is 45.8 Å². The Bertz CT molecular complexity index is 452. The first-order valence-electron chi connectivity index (χ1n) is 10.1. The largest absolute Gasteiger partial charge is 0.373 e. The highest BCUT2D eigenvalue weighted by molar-refractivity contribution is 5.84. The highest BCUT2D eigenvalue weighted by atomic mass is 16.5. The third-order valence-corrected chi connectivity index (χ3v) is 6.06. The summed E-state index contributed by atoms with van der Waals surface area (Å²) in [5.41, 5.74) is 0. The van der Waals surface area contributed by atoms with E-state index in [-0.39, 0.29) is 6.04 Å². The van der Waals surface area contributed by atoms with Crippen molar-refractivity contribution < 1.29 is 9.53 Å². The molecule has 0 aromatic carbocycles. The van der Waals surface area contributed by atoms with Crippen molar-refractivity contribution in [3.8, 4) is 0 Å². The van der Waals surface area contributed by atoms with E-state index in [0.717, 1.165) is 45.1 Å². The molecule has 0 radical (unpaired) electrons. The number of hydrogen-bond acceptors (Lipinski definition) is 4. The average molecular weight is 350 g/mol. The summed E-state index contributed by atoms with van der Waals surface area (Å²) in [6.07, 6.45) is 7.30. The molecule has 25 heavy (non-hydrogen) atoms. The summed E-state index contributed by atoms with van der Waals surface area (Å²) in [5, 5.41) is 0. The molecule has 5 heteroatoms. The van der Waals surface area contributed by atoms with E-state index < -0.39 is 0 Å². The Morgan fingerprint density at radius 1 is 1.12 bits per heavy atom. The molecule has 3 aliphatic heterocycles. The van der Waals surface area contributed by atoms with Crippen LogP contribution in [-0.4, -0.2) is 84.7 Å². The van der Waals surface area contributed by atoms with E-state index in [4.69, 9.17) is 4.74 Å². The molecule has 0 aromatic rings. The second-order valence-electron chi connectivity index (χ2n) is 8.16. The molecule has 1 amide bonds. The summed E-state index contributed by atoms with van der Waals surface area (Å²) in [5.74, 6) is 1.13. The predicted octanol–water partition coefficient (Wildman–Crippen LogP) is 1.98. The van der Waals surface area contributed by atoms with Crippen LogP contribution in [-0.2, 0) is 9.53 Å². The minimum absolute atomic E-state index is 0.127. The van der Waals surface area contributed by atoms with Gasteiger partial charge in [-0.25, -0.2) is 0 Å². The number of carbonyl (C=O) groups excluding carboxylic acids is 1. The van der Waals surface area contributed by atoms with Crippen LogP contribution < -0.4 is 0 Å². The molecule has 0 bridgehead atoms. The van der Waals surface area contributed by atoms with E-state index in [9.17, 15) is 4.79 Å². The highest BCUT2D eigenvalue weighted by Gasteiger charge is 2.36.